The predicted molar refractivity (Wildman–Crippen MR) is 103 cm³/mol. The van der Waals surface area contributed by atoms with Gasteiger partial charge < -0.3 is 4.98 Å². The summed E-state index contributed by atoms with van der Waals surface area (Å²) in [6.07, 6.45) is 11.0. The molecule has 1 aliphatic rings. The summed E-state index contributed by atoms with van der Waals surface area (Å²) in [6.45, 7) is 0. The first kappa shape index (κ1) is 16.7. The number of nitrogens with one attached hydrogen (secondary N) is 1. The fraction of sp³-hybridized carbons (Fsp3) is 0.318. The van der Waals surface area contributed by atoms with E-state index in [1.165, 1.54) is 12.8 Å². The maximum absolute atomic E-state index is 12.9. The number of aromatic amines is 1. The van der Waals surface area contributed by atoms with Gasteiger partial charge in [-0.2, -0.15) is 0 Å². The monoisotopic (exact) mass is 346 g/mol. The standard InChI is InChI=1S/C22H22N2O2/c25-21(12-15-4-1-2-5-15)19-14-24-20-8-7-16(11-18(20)22(19)26)10-17-6-3-9-23-13-17/h3,6-9,11,13-15H,1-2,4-5,10,12H2,(H,24,26). The molecule has 3 aromatic rings. The number of fused-ring (bicyclic) bond motifs is 1. The summed E-state index contributed by atoms with van der Waals surface area (Å²) in [5.74, 6) is 0.409. The van der Waals surface area contributed by atoms with Crippen molar-refractivity contribution in [2.45, 2.75) is 38.5 Å². The molecule has 26 heavy (non-hydrogen) atoms. The number of ketones is 1. The van der Waals surface area contributed by atoms with Crippen LogP contribution in [0, 0.1) is 5.92 Å². The quantitative estimate of drug-likeness (QED) is 0.702. The first-order chi connectivity index (χ1) is 12.7. The number of pyridine rings is 2. The van der Waals surface area contributed by atoms with Gasteiger partial charge >= 0.3 is 0 Å². The van der Waals surface area contributed by atoms with Crippen molar-refractivity contribution < 1.29 is 4.79 Å². The zero-order valence-electron chi connectivity index (χ0n) is 14.7. The van der Waals surface area contributed by atoms with E-state index in [-0.39, 0.29) is 11.2 Å². The Hall–Kier alpha value is -2.75. The van der Waals surface area contributed by atoms with Crippen LogP contribution >= 0.6 is 0 Å². The normalized spacial score (nSPS) is 14.8. The highest BCUT2D eigenvalue weighted by Gasteiger charge is 2.21. The number of H-pyrrole nitrogens is 1. The largest absolute Gasteiger partial charge is 0.360 e. The Morgan fingerprint density at radius 1 is 1.15 bits per heavy atom. The maximum atomic E-state index is 12.9. The summed E-state index contributed by atoms with van der Waals surface area (Å²) < 4.78 is 0. The molecule has 0 amide bonds. The molecule has 4 rings (SSSR count). The fourth-order valence-electron chi connectivity index (χ4n) is 3.91. The number of carbonyl (C=O) groups is 1. The topological polar surface area (TPSA) is 62.8 Å². The Labute approximate surface area is 152 Å². The van der Waals surface area contributed by atoms with Crippen LogP contribution in [-0.2, 0) is 6.42 Å². The molecule has 132 valence electrons. The molecular weight excluding hydrogens is 324 g/mol. The summed E-state index contributed by atoms with van der Waals surface area (Å²) in [5, 5.41) is 0.587. The van der Waals surface area contributed by atoms with Gasteiger partial charge in [-0.05, 0) is 41.7 Å². The number of aromatic nitrogens is 2. The molecule has 1 fully saturated rings. The van der Waals surface area contributed by atoms with Crippen LogP contribution in [0.5, 0.6) is 0 Å². The molecule has 1 aromatic carbocycles. The molecule has 4 heteroatoms. The van der Waals surface area contributed by atoms with Gasteiger partial charge in [0.1, 0.15) is 0 Å². The number of carbonyl (C=O) groups excluding carboxylic acids is 1. The minimum Gasteiger partial charge on any atom is -0.360 e. The van der Waals surface area contributed by atoms with E-state index < -0.39 is 0 Å². The summed E-state index contributed by atoms with van der Waals surface area (Å²) in [4.78, 5) is 32.8. The predicted octanol–water partition coefficient (Wildman–Crippen LogP) is 4.28. The molecule has 0 bridgehead atoms. The van der Waals surface area contributed by atoms with Crippen molar-refractivity contribution in [3.8, 4) is 0 Å². The van der Waals surface area contributed by atoms with Crippen molar-refractivity contribution >= 4 is 16.7 Å². The van der Waals surface area contributed by atoms with E-state index in [1.807, 2.05) is 36.5 Å². The molecule has 0 aliphatic heterocycles. The Kier molecular flexibility index (Phi) is 4.65. The Morgan fingerprint density at radius 3 is 2.77 bits per heavy atom. The highest BCUT2D eigenvalue weighted by Crippen LogP contribution is 2.28. The number of hydrogen-bond acceptors (Lipinski definition) is 3. The van der Waals surface area contributed by atoms with E-state index in [9.17, 15) is 9.59 Å². The van der Waals surface area contributed by atoms with Crippen molar-refractivity contribution in [1.82, 2.24) is 9.97 Å². The van der Waals surface area contributed by atoms with Crippen LogP contribution in [-0.4, -0.2) is 15.8 Å². The summed E-state index contributed by atoms with van der Waals surface area (Å²) >= 11 is 0. The third-order valence-corrected chi connectivity index (χ3v) is 5.33. The Balaban J connectivity index is 1.64. The van der Waals surface area contributed by atoms with E-state index in [2.05, 4.69) is 9.97 Å². The van der Waals surface area contributed by atoms with Crippen LogP contribution in [0.25, 0.3) is 10.9 Å². The fourth-order valence-corrected chi connectivity index (χ4v) is 3.91. The van der Waals surface area contributed by atoms with E-state index >= 15 is 0 Å². The summed E-state index contributed by atoms with van der Waals surface area (Å²) in [7, 11) is 0. The summed E-state index contributed by atoms with van der Waals surface area (Å²) in [6, 6.07) is 9.73. The smallest absolute Gasteiger partial charge is 0.200 e. The van der Waals surface area contributed by atoms with Crippen LogP contribution < -0.4 is 5.43 Å². The van der Waals surface area contributed by atoms with Gasteiger partial charge in [-0.25, -0.2) is 0 Å². The highest BCUT2D eigenvalue weighted by molar-refractivity contribution is 5.98. The van der Waals surface area contributed by atoms with Gasteiger partial charge in [0.25, 0.3) is 0 Å². The molecular formula is C22H22N2O2. The highest BCUT2D eigenvalue weighted by atomic mass is 16.1. The second kappa shape index (κ2) is 7.24. The molecule has 0 unspecified atom stereocenters. The second-order valence-corrected chi connectivity index (χ2v) is 7.23. The lowest BCUT2D eigenvalue weighted by molar-refractivity contribution is 0.0961. The van der Waals surface area contributed by atoms with Crippen molar-refractivity contribution in [3.63, 3.8) is 0 Å². The average molecular weight is 346 g/mol. The zero-order chi connectivity index (χ0) is 17.9. The van der Waals surface area contributed by atoms with E-state index in [4.69, 9.17) is 0 Å². The molecule has 0 atom stereocenters. The van der Waals surface area contributed by atoms with E-state index in [1.54, 1.807) is 12.4 Å². The minimum atomic E-state index is -0.158. The zero-order valence-corrected chi connectivity index (χ0v) is 14.7. The van der Waals surface area contributed by atoms with Crippen molar-refractivity contribution in [1.29, 1.82) is 0 Å². The average Bonchev–Trinajstić information content (AvgIpc) is 3.16. The summed E-state index contributed by atoms with van der Waals surface area (Å²) in [5.41, 5.74) is 3.04. The number of rotatable bonds is 5. The Bertz CT molecular complexity index is 986. The lowest BCUT2D eigenvalue weighted by Gasteiger charge is -2.09. The molecule has 1 N–H and O–H groups in total. The van der Waals surface area contributed by atoms with Crippen LogP contribution in [0.1, 0.15) is 53.6 Å². The van der Waals surface area contributed by atoms with Gasteiger partial charge in [0.2, 0.25) is 0 Å². The van der Waals surface area contributed by atoms with Gasteiger partial charge in [0.15, 0.2) is 11.2 Å². The van der Waals surface area contributed by atoms with Crippen molar-refractivity contribution in [3.05, 3.63) is 75.8 Å². The second-order valence-electron chi connectivity index (χ2n) is 7.23. The molecule has 1 saturated carbocycles. The molecule has 1 aliphatic carbocycles. The Morgan fingerprint density at radius 2 is 2.00 bits per heavy atom. The molecule has 0 spiro atoms. The van der Waals surface area contributed by atoms with Gasteiger partial charge in [0.05, 0.1) is 5.56 Å². The molecule has 2 aromatic heterocycles. The molecule has 4 nitrogen and oxygen atoms in total. The lowest BCUT2D eigenvalue weighted by atomic mass is 9.96. The van der Waals surface area contributed by atoms with Gasteiger partial charge in [-0.15, -0.1) is 0 Å². The van der Waals surface area contributed by atoms with Crippen LogP contribution in [0.15, 0.2) is 53.7 Å². The van der Waals surface area contributed by atoms with Crippen LogP contribution in [0.3, 0.4) is 0 Å². The maximum Gasteiger partial charge on any atom is 0.200 e. The van der Waals surface area contributed by atoms with Crippen molar-refractivity contribution in [2.24, 2.45) is 5.92 Å². The molecule has 0 radical (unpaired) electrons. The number of benzene rings is 1. The lowest BCUT2D eigenvalue weighted by Crippen LogP contribution is -2.18. The van der Waals surface area contributed by atoms with Gasteiger partial charge in [-0.3, -0.25) is 14.6 Å². The van der Waals surface area contributed by atoms with E-state index in [0.29, 0.717) is 29.7 Å². The van der Waals surface area contributed by atoms with Crippen molar-refractivity contribution in [2.75, 3.05) is 0 Å². The SMILES string of the molecule is O=C(CC1CCCC1)c1c[nH]c2ccc(Cc3cccnc3)cc2c1=O. The molecule has 0 saturated heterocycles. The first-order valence-electron chi connectivity index (χ1n) is 9.27. The van der Waals surface area contributed by atoms with Gasteiger partial charge in [-0.1, -0.05) is 37.8 Å². The molecule has 2 heterocycles. The van der Waals surface area contributed by atoms with Crippen LogP contribution in [0.2, 0.25) is 0 Å². The third kappa shape index (κ3) is 3.45. The number of Topliss-reactive ketones (excluding diaryl/α,β-unsaturated/α-hetero) is 1. The van der Waals surface area contributed by atoms with Gasteiger partial charge in [0, 0.05) is 35.9 Å². The third-order valence-electron chi connectivity index (χ3n) is 5.33. The minimum absolute atomic E-state index is 0.0299. The first-order valence-corrected chi connectivity index (χ1v) is 9.27. The number of nitrogens with zero attached hydrogens (tertiary/aromatic N) is 1. The number of hydrogen-bond donors (Lipinski definition) is 1. The van der Waals surface area contributed by atoms with E-state index in [0.717, 1.165) is 29.5 Å². The van der Waals surface area contributed by atoms with Crippen LogP contribution in [0.4, 0.5) is 0 Å².